The molecule has 0 saturated carbocycles. The largest absolute Gasteiger partial charge is 0.383 e. The summed E-state index contributed by atoms with van der Waals surface area (Å²) in [6.45, 7) is 7.17. The van der Waals surface area contributed by atoms with Crippen molar-refractivity contribution in [1.29, 1.82) is 0 Å². The molecule has 5 rings (SSSR count). The molecule has 2 N–H and O–H groups in total. The van der Waals surface area contributed by atoms with Gasteiger partial charge in [-0.3, -0.25) is 4.90 Å². The maximum Gasteiger partial charge on any atom is 0.137 e. The van der Waals surface area contributed by atoms with Crippen molar-refractivity contribution >= 4 is 11.0 Å². The summed E-state index contributed by atoms with van der Waals surface area (Å²) in [5.41, 5.74) is 9.25. The van der Waals surface area contributed by atoms with E-state index in [1.165, 1.54) is 46.0 Å². The van der Waals surface area contributed by atoms with Crippen LogP contribution >= 0.6 is 0 Å². The Kier molecular flexibility index (Phi) is 5.12. The molecule has 0 amide bonds. The Balaban J connectivity index is 1.57. The molecule has 1 aromatic carbocycles. The fourth-order valence-corrected chi connectivity index (χ4v) is 4.92. The third kappa shape index (κ3) is 3.59. The minimum absolute atomic E-state index is 0.486. The van der Waals surface area contributed by atoms with Gasteiger partial charge in [0.25, 0.3) is 0 Å². The molecule has 0 spiro atoms. The lowest BCUT2D eigenvalue weighted by Gasteiger charge is -2.32. The lowest BCUT2D eigenvalue weighted by Crippen LogP contribution is -2.34. The number of nitrogens with one attached hydrogen (secondary N) is 2. The van der Waals surface area contributed by atoms with E-state index in [0.29, 0.717) is 6.04 Å². The Morgan fingerprint density at radius 1 is 1.24 bits per heavy atom. The number of H-pyrrole nitrogens is 1. The summed E-state index contributed by atoms with van der Waals surface area (Å²) in [6, 6.07) is 7.60. The van der Waals surface area contributed by atoms with Gasteiger partial charge in [-0.2, -0.15) is 0 Å². The van der Waals surface area contributed by atoms with Crippen molar-refractivity contribution in [3.05, 3.63) is 52.8 Å². The molecule has 5 heteroatoms. The maximum absolute atomic E-state index is 5.31. The third-order valence-corrected chi connectivity index (χ3v) is 6.57. The second-order valence-electron chi connectivity index (χ2n) is 8.46. The molecule has 5 nitrogen and oxygen atoms in total. The number of pyridine rings is 1. The molecule has 2 aliphatic heterocycles. The molecule has 1 fully saturated rings. The van der Waals surface area contributed by atoms with Crippen LogP contribution in [-0.2, 0) is 17.7 Å². The summed E-state index contributed by atoms with van der Waals surface area (Å²) in [7, 11) is 1.78. The van der Waals surface area contributed by atoms with Gasteiger partial charge in [0, 0.05) is 56.1 Å². The first-order chi connectivity index (χ1) is 14.2. The number of ether oxygens (including phenoxy) is 1. The molecule has 2 aliphatic rings. The van der Waals surface area contributed by atoms with E-state index in [1.54, 1.807) is 12.7 Å². The van der Waals surface area contributed by atoms with Crippen molar-refractivity contribution < 1.29 is 4.74 Å². The van der Waals surface area contributed by atoms with E-state index in [-0.39, 0.29) is 0 Å². The second kappa shape index (κ2) is 7.90. The molecule has 29 heavy (non-hydrogen) atoms. The van der Waals surface area contributed by atoms with Crippen LogP contribution in [0.4, 0.5) is 0 Å². The Morgan fingerprint density at radius 2 is 2.17 bits per heavy atom. The molecule has 2 aromatic heterocycles. The number of benzene rings is 1. The Labute approximate surface area is 172 Å². The van der Waals surface area contributed by atoms with E-state index in [1.807, 2.05) is 12.4 Å². The zero-order valence-electron chi connectivity index (χ0n) is 17.4. The van der Waals surface area contributed by atoms with Crippen molar-refractivity contribution in [1.82, 2.24) is 20.2 Å². The predicted molar refractivity (Wildman–Crippen MR) is 117 cm³/mol. The summed E-state index contributed by atoms with van der Waals surface area (Å²) >= 11 is 0. The lowest BCUT2D eigenvalue weighted by molar-refractivity contribution is 0.140. The van der Waals surface area contributed by atoms with Crippen molar-refractivity contribution in [3.63, 3.8) is 0 Å². The highest BCUT2D eigenvalue weighted by Gasteiger charge is 2.25. The van der Waals surface area contributed by atoms with Crippen molar-refractivity contribution in [2.24, 2.45) is 0 Å². The number of hydrogen-bond donors (Lipinski definition) is 2. The van der Waals surface area contributed by atoms with Crippen molar-refractivity contribution in [2.75, 3.05) is 33.4 Å². The van der Waals surface area contributed by atoms with E-state index in [4.69, 9.17) is 4.74 Å². The van der Waals surface area contributed by atoms with Gasteiger partial charge in [0.2, 0.25) is 0 Å². The van der Waals surface area contributed by atoms with Crippen LogP contribution in [0, 0.1) is 6.92 Å². The van der Waals surface area contributed by atoms with Crippen LogP contribution in [0.15, 0.2) is 30.6 Å². The number of methoxy groups -OCH3 is 1. The second-order valence-corrected chi connectivity index (χ2v) is 8.46. The molecule has 3 aromatic rings. The number of aromatic nitrogens is 2. The highest BCUT2D eigenvalue weighted by molar-refractivity contribution is 5.84. The molecule has 0 aliphatic carbocycles. The summed E-state index contributed by atoms with van der Waals surface area (Å²) in [6.07, 6.45) is 7.67. The van der Waals surface area contributed by atoms with E-state index < -0.39 is 0 Å². The Morgan fingerprint density at radius 3 is 3.00 bits per heavy atom. The summed E-state index contributed by atoms with van der Waals surface area (Å²) in [5, 5.41) is 4.94. The van der Waals surface area contributed by atoms with Crippen LogP contribution in [0.3, 0.4) is 0 Å². The molecule has 0 radical (unpaired) electrons. The first-order valence-corrected chi connectivity index (χ1v) is 10.8. The number of aryl methyl sites for hydroxylation is 1. The monoisotopic (exact) mass is 390 g/mol. The SMILES string of the molecule is COCCN1CCc2c(cc(-c3cnc4[nH]cc(C)c4c3)cc2[C@@H]2CCCN2)C1. The first-order valence-electron chi connectivity index (χ1n) is 10.8. The number of aromatic amines is 1. The molecule has 4 heterocycles. The van der Waals surface area contributed by atoms with Crippen molar-refractivity contribution in [2.45, 2.75) is 38.8 Å². The Bertz CT molecular complexity index is 1020. The third-order valence-electron chi connectivity index (χ3n) is 6.57. The zero-order valence-corrected chi connectivity index (χ0v) is 17.4. The molecular formula is C24H30N4O. The van der Waals surface area contributed by atoms with Gasteiger partial charge in [-0.1, -0.05) is 0 Å². The van der Waals surface area contributed by atoms with Gasteiger partial charge in [0.15, 0.2) is 0 Å². The first kappa shape index (κ1) is 18.8. The van der Waals surface area contributed by atoms with Gasteiger partial charge in [0.05, 0.1) is 6.61 Å². The minimum Gasteiger partial charge on any atom is -0.383 e. The van der Waals surface area contributed by atoms with Gasteiger partial charge in [-0.05, 0) is 78.7 Å². The van der Waals surface area contributed by atoms with Gasteiger partial charge in [-0.15, -0.1) is 0 Å². The van der Waals surface area contributed by atoms with E-state index in [2.05, 4.69) is 45.3 Å². The molecule has 0 bridgehead atoms. The van der Waals surface area contributed by atoms with Crippen LogP contribution in [0.25, 0.3) is 22.2 Å². The van der Waals surface area contributed by atoms with Crippen LogP contribution in [-0.4, -0.2) is 48.2 Å². The number of rotatable bonds is 5. The fourth-order valence-electron chi connectivity index (χ4n) is 4.92. The van der Waals surface area contributed by atoms with Gasteiger partial charge < -0.3 is 15.0 Å². The topological polar surface area (TPSA) is 53.2 Å². The fraction of sp³-hybridized carbons (Fsp3) is 0.458. The lowest BCUT2D eigenvalue weighted by atomic mass is 9.87. The number of hydrogen-bond acceptors (Lipinski definition) is 4. The van der Waals surface area contributed by atoms with Gasteiger partial charge in [-0.25, -0.2) is 4.98 Å². The van der Waals surface area contributed by atoms with Crippen LogP contribution in [0.1, 0.15) is 41.1 Å². The van der Waals surface area contributed by atoms with Crippen molar-refractivity contribution in [3.8, 4) is 11.1 Å². The molecular weight excluding hydrogens is 360 g/mol. The van der Waals surface area contributed by atoms with E-state index in [0.717, 1.165) is 44.9 Å². The maximum atomic E-state index is 5.31. The normalized spacial score (nSPS) is 19.7. The smallest absolute Gasteiger partial charge is 0.137 e. The molecule has 1 atom stereocenters. The summed E-state index contributed by atoms with van der Waals surface area (Å²) in [4.78, 5) is 10.4. The summed E-state index contributed by atoms with van der Waals surface area (Å²) < 4.78 is 5.31. The molecule has 152 valence electrons. The highest BCUT2D eigenvalue weighted by atomic mass is 16.5. The van der Waals surface area contributed by atoms with E-state index >= 15 is 0 Å². The molecule has 0 unspecified atom stereocenters. The average Bonchev–Trinajstić information content (AvgIpc) is 3.41. The highest BCUT2D eigenvalue weighted by Crippen LogP contribution is 2.36. The average molecular weight is 391 g/mol. The van der Waals surface area contributed by atoms with Gasteiger partial charge in [0.1, 0.15) is 5.65 Å². The number of nitrogens with zero attached hydrogens (tertiary/aromatic N) is 2. The minimum atomic E-state index is 0.486. The summed E-state index contributed by atoms with van der Waals surface area (Å²) in [5.74, 6) is 0. The standard InChI is InChI=1S/C24H30N4O/c1-16-13-26-24-21(16)12-18(14-27-24)17-10-19-15-28(8-9-29-2)7-5-20(19)22(11-17)23-4-3-6-25-23/h10-14,23,25H,3-9,15H2,1-2H3,(H,26,27)/t23-/m0/s1. The Hall–Kier alpha value is -2.21. The number of fused-ring (bicyclic) bond motifs is 2. The van der Waals surface area contributed by atoms with Gasteiger partial charge >= 0.3 is 0 Å². The quantitative estimate of drug-likeness (QED) is 0.692. The van der Waals surface area contributed by atoms with Crippen LogP contribution in [0.5, 0.6) is 0 Å². The predicted octanol–water partition coefficient (Wildman–Crippen LogP) is 3.97. The molecule has 1 saturated heterocycles. The van der Waals surface area contributed by atoms with E-state index in [9.17, 15) is 0 Å². The van der Waals surface area contributed by atoms with Crippen LogP contribution in [0.2, 0.25) is 0 Å². The van der Waals surface area contributed by atoms with Crippen LogP contribution < -0.4 is 5.32 Å². The zero-order chi connectivity index (χ0) is 19.8.